The quantitative estimate of drug-likeness (QED) is 0.551. The van der Waals surface area contributed by atoms with E-state index in [1.165, 1.54) is 23.1 Å². The van der Waals surface area contributed by atoms with Crippen LogP contribution in [0.5, 0.6) is 6.01 Å². The van der Waals surface area contributed by atoms with Crippen LogP contribution in [-0.4, -0.2) is 78.3 Å². The SMILES string of the molecule is CN1CCC[C@H]1COc1nc2c(c(N3CCN[C@@H](CC#N)C3)n1)CCN(c1cccc3ccncc13)C2. The monoisotopic (exact) mass is 498 g/mol. The molecule has 1 N–H and O–H groups in total. The van der Waals surface area contributed by atoms with Gasteiger partial charge in [0.2, 0.25) is 0 Å². The summed E-state index contributed by atoms with van der Waals surface area (Å²) >= 11 is 0. The lowest BCUT2D eigenvalue weighted by Crippen LogP contribution is -2.51. The van der Waals surface area contributed by atoms with E-state index < -0.39 is 0 Å². The number of piperazine rings is 1. The van der Waals surface area contributed by atoms with Crippen LogP contribution >= 0.6 is 0 Å². The molecule has 9 heteroatoms. The minimum absolute atomic E-state index is 0.143. The van der Waals surface area contributed by atoms with Crippen LogP contribution in [0.15, 0.2) is 36.7 Å². The average Bonchev–Trinajstić information content (AvgIpc) is 3.35. The van der Waals surface area contributed by atoms with Crippen LogP contribution in [-0.2, 0) is 13.0 Å². The van der Waals surface area contributed by atoms with Crippen molar-refractivity contribution in [2.24, 2.45) is 0 Å². The summed E-state index contributed by atoms with van der Waals surface area (Å²) in [6.07, 6.45) is 7.50. The number of fused-ring (bicyclic) bond motifs is 2. The second-order valence-electron chi connectivity index (χ2n) is 10.3. The maximum Gasteiger partial charge on any atom is 0.318 e. The van der Waals surface area contributed by atoms with E-state index in [2.05, 4.69) is 62.4 Å². The molecule has 192 valence electrons. The van der Waals surface area contributed by atoms with Gasteiger partial charge in [0, 0.05) is 67.3 Å². The Hall–Kier alpha value is -3.48. The maximum absolute atomic E-state index is 9.25. The number of rotatable bonds is 6. The van der Waals surface area contributed by atoms with Gasteiger partial charge in [-0.25, -0.2) is 0 Å². The molecular weight excluding hydrogens is 464 g/mol. The Kier molecular flexibility index (Phi) is 6.77. The zero-order valence-corrected chi connectivity index (χ0v) is 21.4. The fraction of sp³-hybridized carbons (Fsp3) is 0.500. The first-order valence-corrected chi connectivity index (χ1v) is 13.4. The van der Waals surface area contributed by atoms with Gasteiger partial charge < -0.3 is 24.8 Å². The van der Waals surface area contributed by atoms with E-state index in [1.54, 1.807) is 0 Å². The Labute approximate surface area is 218 Å². The van der Waals surface area contributed by atoms with Crippen molar-refractivity contribution in [1.29, 1.82) is 5.26 Å². The highest BCUT2D eigenvalue weighted by atomic mass is 16.5. The van der Waals surface area contributed by atoms with E-state index in [0.717, 1.165) is 62.5 Å². The van der Waals surface area contributed by atoms with Crippen molar-refractivity contribution < 1.29 is 4.74 Å². The number of hydrogen-bond acceptors (Lipinski definition) is 9. The number of nitrogens with one attached hydrogen (secondary N) is 1. The molecule has 0 unspecified atom stereocenters. The van der Waals surface area contributed by atoms with Gasteiger partial charge in [-0.3, -0.25) is 4.98 Å². The summed E-state index contributed by atoms with van der Waals surface area (Å²) in [7, 11) is 2.16. The van der Waals surface area contributed by atoms with E-state index in [1.807, 2.05) is 12.4 Å². The second kappa shape index (κ2) is 10.5. The van der Waals surface area contributed by atoms with Crippen LogP contribution in [0.2, 0.25) is 0 Å². The Morgan fingerprint density at radius 1 is 1.16 bits per heavy atom. The van der Waals surface area contributed by atoms with Crippen LogP contribution in [0, 0.1) is 11.3 Å². The number of aromatic nitrogens is 3. The lowest BCUT2D eigenvalue weighted by Gasteiger charge is -2.37. The summed E-state index contributed by atoms with van der Waals surface area (Å²) in [6, 6.07) is 11.8. The molecule has 0 spiro atoms. The molecule has 3 aromatic rings. The van der Waals surface area contributed by atoms with Crippen molar-refractivity contribution >= 4 is 22.3 Å². The molecule has 0 bridgehead atoms. The van der Waals surface area contributed by atoms with Crippen LogP contribution in [0.25, 0.3) is 10.8 Å². The van der Waals surface area contributed by atoms with Gasteiger partial charge in [-0.1, -0.05) is 12.1 Å². The van der Waals surface area contributed by atoms with E-state index in [-0.39, 0.29) is 6.04 Å². The van der Waals surface area contributed by atoms with Gasteiger partial charge in [-0.15, -0.1) is 0 Å². The molecule has 6 rings (SSSR count). The number of benzene rings is 1. The first kappa shape index (κ1) is 23.9. The molecule has 37 heavy (non-hydrogen) atoms. The van der Waals surface area contributed by atoms with Crippen molar-refractivity contribution in [3.63, 3.8) is 0 Å². The Bertz CT molecular complexity index is 1300. The number of anilines is 2. The smallest absolute Gasteiger partial charge is 0.318 e. The Balaban J connectivity index is 1.32. The average molecular weight is 499 g/mol. The normalized spacial score (nSPS) is 22.2. The third-order valence-electron chi connectivity index (χ3n) is 7.99. The van der Waals surface area contributed by atoms with Gasteiger partial charge in [-0.05, 0) is 50.4 Å². The van der Waals surface area contributed by atoms with Gasteiger partial charge in [0.25, 0.3) is 0 Å². The molecule has 0 saturated carbocycles. The van der Waals surface area contributed by atoms with Crippen molar-refractivity contribution in [2.75, 3.05) is 56.2 Å². The highest BCUT2D eigenvalue weighted by Gasteiger charge is 2.29. The van der Waals surface area contributed by atoms with Crippen molar-refractivity contribution in [3.05, 3.63) is 47.9 Å². The number of likely N-dealkylation sites (N-methyl/N-ethyl adjacent to an activating group) is 1. The Morgan fingerprint density at radius 3 is 2.97 bits per heavy atom. The lowest BCUT2D eigenvalue weighted by atomic mass is 10.0. The van der Waals surface area contributed by atoms with Gasteiger partial charge >= 0.3 is 6.01 Å². The maximum atomic E-state index is 9.25. The van der Waals surface area contributed by atoms with Crippen LogP contribution in [0.4, 0.5) is 11.5 Å². The summed E-state index contributed by atoms with van der Waals surface area (Å²) in [5, 5.41) is 15.1. The molecule has 0 aliphatic carbocycles. The van der Waals surface area contributed by atoms with Crippen molar-refractivity contribution in [1.82, 2.24) is 25.2 Å². The van der Waals surface area contributed by atoms with Gasteiger partial charge in [0.05, 0.1) is 24.7 Å². The van der Waals surface area contributed by atoms with E-state index in [4.69, 9.17) is 14.7 Å². The molecular formula is C28H34N8O. The summed E-state index contributed by atoms with van der Waals surface area (Å²) in [6.45, 7) is 5.76. The number of pyridine rings is 1. The largest absolute Gasteiger partial charge is 0.462 e. The number of nitrogens with zero attached hydrogens (tertiary/aromatic N) is 7. The molecule has 2 aromatic heterocycles. The minimum atomic E-state index is 0.143. The summed E-state index contributed by atoms with van der Waals surface area (Å²) in [4.78, 5) is 21.4. The topological polar surface area (TPSA) is 93.4 Å². The van der Waals surface area contributed by atoms with E-state index >= 15 is 0 Å². The zero-order chi connectivity index (χ0) is 25.2. The van der Waals surface area contributed by atoms with Crippen molar-refractivity contribution in [3.8, 4) is 12.1 Å². The molecule has 1 aromatic carbocycles. The highest BCUT2D eigenvalue weighted by molar-refractivity contribution is 5.93. The minimum Gasteiger partial charge on any atom is -0.462 e. The van der Waals surface area contributed by atoms with Crippen LogP contribution < -0.4 is 19.9 Å². The fourth-order valence-corrected chi connectivity index (χ4v) is 5.92. The van der Waals surface area contributed by atoms with E-state index in [9.17, 15) is 5.26 Å². The molecule has 0 radical (unpaired) electrons. The third kappa shape index (κ3) is 4.91. The molecule has 2 fully saturated rings. The predicted octanol–water partition coefficient (Wildman–Crippen LogP) is 2.75. The Morgan fingerprint density at radius 2 is 2.11 bits per heavy atom. The molecule has 2 atom stereocenters. The lowest BCUT2D eigenvalue weighted by molar-refractivity contribution is 0.187. The molecule has 2 saturated heterocycles. The predicted molar refractivity (Wildman–Crippen MR) is 144 cm³/mol. The molecule has 9 nitrogen and oxygen atoms in total. The number of ether oxygens (including phenoxy) is 1. The zero-order valence-electron chi connectivity index (χ0n) is 21.4. The first-order chi connectivity index (χ1) is 18.2. The number of nitriles is 1. The summed E-state index contributed by atoms with van der Waals surface area (Å²) < 4.78 is 6.26. The summed E-state index contributed by atoms with van der Waals surface area (Å²) in [5.74, 6) is 0.975. The second-order valence-corrected chi connectivity index (χ2v) is 10.3. The fourth-order valence-electron chi connectivity index (χ4n) is 5.92. The molecule has 3 aliphatic heterocycles. The van der Waals surface area contributed by atoms with Crippen molar-refractivity contribution in [2.45, 2.75) is 44.3 Å². The van der Waals surface area contributed by atoms with Gasteiger partial charge in [-0.2, -0.15) is 15.2 Å². The number of likely N-dealkylation sites (tertiary alicyclic amines) is 1. The van der Waals surface area contributed by atoms with Gasteiger partial charge in [0.1, 0.15) is 12.4 Å². The summed E-state index contributed by atoms with van der Waals surface area (Å²) in [5.41, 5.74) is 3.42. The third-order valence-corrected chi connectivity index (χ3v) is 7.99. The van der Waals surface area contributed by atoms with E-state index in [0.29, 0.717) is 31.6 Å². The van der Waals surface area contributed by atoms with Crippen LogP contribution in [0.1, 0.15) is 30.5 Å². The molecule has 5 heterocycles. The highest BCUT2D eigenvalue weighted by Crippen LogP contribution is 2.34. The van der Waals surface area contributed by atoms with Crippen LogP contribution in [0.3, 0.4) is 0 Å². The number of hydrogen-bond donors (Lipinski definition) is 1. The van der Waals surface area contributed by atoms with Gasteiger partial charge in [0.15, 0.2) is 0 Å². The molecule has 0 amide bonds. The standard InChI is InChI=1S/C28H34N8O/c1-34-13-3-5-22(34)19-37-28-32-25-18-35(26-6-2-4-20-8-11-30-16-24(20)26)14-9-23(25)27(33-28)36-15-12-31-21(17-36)7-10-29/h2,4,6,8,11,16,21-22,31H,3,5,7,9,12-15,17-19H2,1H3/t21-,22-/m0/s1. The molecule has 3 aliphatic rings. The first-order valence-electron chi connectivity index (χ1n) is 13.4.